The van der Waals surface area contributed by atoms with E-state index in [1.807, 2.05) is 0 Å². The van der Waals surface area contributed by atoms with Crippen molar-refractivity contribution < 1.29 is 14.3 Å². The van der Waals surface area contributed by atoms with Crippen LogP contribution in [-0.2, 0) is 4.74 Å². The highest BCUT2D eigenvalue weighted by atomic mass is 16.5. The molecule has 4 heteroatoms. The number of rotatable bonds is 3. The van der Waals surface area contributed by atoms with Crippen LogP contribution >= 0.6 is 0 Å². The maximum atomic E-state index is 11.1. The second kappa shape index (κ2) is 5.01. The zero-order valence-corrected chi connectivity index (χ0v) is 8.06. The van der Waals surface area contributed by atoms with Gasteiger partial charge in [-0.2, -0.15) is 0 Å². The third-order valence-electron chi connectivity index (χ3n) is 1.55. The minimum atomic E-state index is -0.385. The summed E-state index contributed by atoms with van der Waals surface area (Å²) >= 11 is 0. The molecule has 0 saturated carbocycles. The van der Waals surface area contributed by atoms with Gasteiger partial charge in [0.1, 0.15) is 5.75 Å². The Kier molecular flexibility index (Phi) is 3.67. The number of esters is 1. The van der Waals surface area contributed by atoms with Crippen LogP contribution in [0.15, 0.2) is 29.3 Å². The first-order valence-corrected chi connectivity index (χ1v) is 4.03. The van der Waals surface area contributed by atoms with Crippen molar-refractivity contribution in [3.63, 3.8) is 0 Å². The van der Waals surface area contributed by atoms with Crippen LogP contribution in [-0.4, -0.2) is 26.5 Å². The van der Waals surface area contributed by atoms with Crippen molar-refractivity contribution in [2.24, 2.45) is 4.99 Å². The van der Waals surface area contributed by atoms with Crippen molar-refractivity contribution in [2.45, 2.75) is 0 Å². The van der Waals surface area contributed by atoms with E-state index in [4.69, 9.17) is 4.74 Å². The highest BCUT2D eigenvalue weighted by molar-refractivity contribution is 5.89. The molecule has 1 aromatic rings. The fourth-order valence-electron chi connectivity index (χ4n) is 0.928. The Morgan fingerprint density at radius 1 is 1.50 bits per heavy atom. The SMILES string of the molecule is CN=COc1cccc(C(=O)OC)c1. The summed E-state index contributed by atoms with van der Waals surface area (Å²) in [6.45, 7) is 0. The van der Waals surface area contributed by atoms with Gasteiger partial charge in [0.05, 0.1) is 12.7 Å². The zero-order valence-electron chi connectivity index (χ0n) is 8.06. The van der Waals surface area contributed by atoms with Crippen LogP contribution in [0.1, 0.15) is 10.4 Å². The molecule has 0 spiro atoms. The number of hydrogen-bond donors (Lipinski definition) is 0. The molecule has 14 heavy (non-hydrogen) atoms. The highest BCUT2D eigenvalue weighted by Gasteiger charge is 2.05. The molecule has 0 aromatic heterocycles. The molecule has 0 N–H and O–H groups in total. The molecule has 0 amide bonds. The lowest BCUT2D eigenvalue weighted by Crippen LogP contribution is -2.01. The lowest BCUT2D eigenvalue weighted by molar-refractivity contribution is 0.0600. The smallest absolute Gasteiger partial charge is 0.337 e. The minimum absolute atomic E-state index is 0.385. The van der Waals surface area contributed by atoms with Crippen LogP contribution in [0.25, 0.3) is 0 Å². The van der Waals surface area contributed by atoms with E-state index in [1.54, 1.807) is 31.3 Å². The van der Waals surface area contributed by atoms with E-state index >= 15 is 0 Å². The summed E-state index contributed by atoms with van der Waals surface area (Å²) in [5.74, 6) is 0.169. The summed E-state index contributed by atoms with van der Waals surface area (Å²) in [7, 11) is 2.94. The Morgan fingerprint density at radius 2 is 2.29 bits per heavy atom. The lowest BCUT2D eigenvalue weighted by atomic mass is 10.2. The molecule has 0 aliphatic rings. The van der Waals surface area contributed by atoms with E-state index < -0.39 is 0 Å². The number of aliphatic imine (C=N–C) groups is 1. The van der Waals surface area contributed by atoms with E-state index in [1.165, 1.54) is 13.5 Å². The predicted molar refractivity (Wildman–Crippen MR) is 52.8 cm³/mol. The van der Waals surface area contributed by atoms with E-state index in [-0.39, 0.29) is 5.97 Å². The summed E-state index contributed by atoms with van der Waals surface area (Å²) in [6.07, 6.45) is 1.30. The Bertz CT molecular complexity index is 347. The van der Waals surface area contributed by atoms with Gasteiger partial charge in [-0.05, 0) is 18.2 Å². The highest BCUT2D eigenvalue weighted by Crippen LogP contribution is 2.13. The normalized spacial score (nSPS) is 10.1. The first kappa shape index (κ1) is 10.2. The Balaban J connectivity index is 2.83. The third kappa shape index (κ3) is 2.58. The zero-order chi connectivity index (χ0) is 10.4. The van der Waals surface area contributed by atoms with Crippen LogP contribution in [0.4, 0.5) is 0 Å². The number of carbonyl (C=O) groups is 1. The summed E-state index contributed by atoms with van der Waals surface area (Å²) < 4.78 is 9.66. The lowest BCUT2D eigenvalue weighted by Gasteiger charge is -2.01. The maximum Gasteiger partial charge on any atom is 0.337 e. The van der Waals surface area contributed by atoms with Gasteiger partial charge in [0.2, 0.25) is 0 Å². The van der Waals surface area contributed by atoms with Crippen LogP contribution < -0.4 is 4.74 Å². The predicted octanol–water partition coefficient (Wildman–Crippen LogP) is 1.51. The van der Waals surface area contributed by atoms with Crippen LogP contribution in [0.3, 0.4) is 0 Å². The van der Waals surface area contributed by atoms with Gasteiger partial charge in [-0.25, -0.2) is 4.79 Å². The Labute approximate surface area is 82.2 Å². The fourth-order valence-corrected chi connectivity index (χ4v) is 0.928. The average Bonchev–Trinajstić information content (AvgIpc) is 2.25. The first-order chi connectivity index (χ1) is 6.77. The molecular formula is C10H11NO3. The van der Waals surface area contributed by atoms with Gasteiger partial charge in [0, 0.05) is 7.05 Å². The fraction of sp³-hybridized carbons (Fsp3) is 0.200. The molecule has 0 bridgehead atoms. The van der Waals surface area contributed by atoms with E-state index in [9.17, 15) is 4.79 Å². The first-order valence-electron chi connectivity index (χ1n) is 4.03. The Hall–Kier alpha value is -1.84. The average molecular weight is 193 g/mol. The topological polar surface area (TPSA) is 47.9 Å². The van der Waals surface area contributed by atoms with E-state index in [0.717, 1.165) is 0 Å². The van der Waals surface area contributed by atoms with Gasteiger partial charge in [-0.15, -0.1) is 0 Å². The van der Waals surface area contributed by atoms with Gasteiger partial charge >= 0.3 is 5.97 Å². The largest absolute Gasteiger partial charge is 0.465 e. The molecule has 0 aliphatic heterocycles. The molecule has 4 nitrogen and oxygen atoms in total. The van der Waals surface area contributed by atoms with Crippen molar-refractivity contribution in [1.29, 1.82) is 0 Å². The van der Waals surface area contributed by atoms with Gasteiger partial charge in [-0.3, -0.25) is 4.99 Å². The number of carbonyl (C=O) groups excluding carboxylic acids is 1. The van der Waals surface area contributed by atoms with Crippen LogP contribution in [0.2, 0.25) is 0 Å². The van der Waals surface area contributed by atoms with Gasteiger partial charge < -0.3 is 9.47 Å². The molecule has 74 valence electrons. The number of hydrogen-bond acceptors (Lipinski definition) is 4. The molecule has 0 unspecified atom stereocenters. The summed E-state index contributed by atoms with van der Waals surface area (Å²) in [5, 5.41) is 0. The molecule has 0 atom stereocenters. The summed E-state index contributed by atoms with van der Waals surface area (Å²) in [5.41, 5.74) is 0.453. The minimum Gasteiger partial charge on any atom is -0.465 e. The van der Waals surface area contributed by atoms with Crippen molar-refractivity contribution >= 4 is 12.4 Å². The number of methoxy groups -OCH3 is 1. The molecule has 0 aliphatic carbocycles. The standard InChI is InChI=1S/C10H11NO3/c1-11-7-14-9-5-3-4-8(6-9)10(12)13-2/h3-7H,1-2H3. The van der Waals surface area contributed by atoms with Crippen molar-refractivity contribution in [2.75, 3.05) is 14.2 Å². The molecular weight excluding hydrogens is 182 g/mol. The van der Waals surface area contributed by atoms with Gasteiger partial charge in [0.25, 0.3) is 0 Å². The van der Waals surface area contributed by atoms with Crippen LogP contribution in [0, 0.1) is 0 Å². The van der Waals surface area contributed by atoms with Crippen molar-refractivity contribution in [3.05, 3.63) is 29.8 Å². The number of nitrogens with zero attached hydrogens (tertiary/aromatic N) is 1. The molecule has 1 aromatic carbocycles. The van der Waals surface area contributed by atoms with Gasteiger partial charge in [-0.1, -0.05) is 6.07 Å². The molecule has 0 heterocycles. The maximum absolute atomic E-state index is 11.1. The monoisotopic (exact) mass is 193 g/mol. The van der Waals surface area contributed by atoms with Gasteiger partial charge in [0.15, 0.2) is 6.40 Å². The number of benzene rings is 1. The number of ether oxygens (including phenoxy) is 2. The Morgan fingerprint density at radius 3 is 2.93 bits per heavy atom. The quantitative estimate of drug-likeness (QED) is 0.415. The summed E-state index contributed by atoms with van der Waals surface area (Å²) in [6, 6.07) is 6.69. The third-order valence-corrected chi connectivity index (χ3v) is 1.55. The van der Waals surface area contributed by atoms with Crippen molar-refractivity contribution in [1.82, 2.24) is 0 Å². The molecule has 0 saturated heterocycles. The molecule has 1 rings (SSSR count). The second-order valence-corrected chi connectivity index (χ2v) is 2.50. The second-order valence-electron chi connectivity index (χ2n) is 2.50. The summed E-state index contributed by atoms with van der Waals surface area (Å²) in [4.78, 5) is 14.8. The van der Waals surface area contributed by atoms with E-state index in [0.29, 0.717) is 11.3 Å². The molecule has 0 fully saturated rings. The van der Waals surface area contributed by atoms with Crippen molar-refractivity contribution in [3.8, 4) is 5.75 Å². The van der Waals surface area contributed by atoms with E-state index in [2.05, 4.69) is 9.73 Å². The molecule has 0 radical (unpaired) electrons. The van der Waals surface area contributed by atoms with Crippen LogP contribution in [0.5, 0.6) is 5.75 Å².